The molecule has 0 fully saturated rings. The molecule has 0 radical (unpaired) electrons. The summed E-state index contributed by atoms with van der Waals surface area (Å²) in [7, 11) is -3.19. The second-order valence-electron chi connectivity index (χ2n) is 4.63. The van der Waals surface area contributed by atoms with E-state index in [2.05, 4.69) is 4.72 Å². The molecule has 0 spiro atoms. The van der Waals surface area contributed by atoms with Crippen LogP contribution in [-0.4, -0.2) is 25.8 Å². The predicted molar refractivity (Wildman–Crippen MR) is 59.6 cm³/mol. The van der Waals surface area contributed by atoms with Gasteiger partial charge in [0.1, 0.15) is 0 Å². The smallest absolute Gasteiger partial charge is 0.216 e. The number of hydrogen-bond donors (Lipinski definition) is 2. The van der Waals surface area contributed by atoms with E-state index < -0.39 is 14.8 Å². The minimum absolute atomic E-state index is 0.133. The van der Waals surface area contributed by atoms with Crippen molar-refractivity contribution in [2.24, 2.45) is 5.73 Å². The van der Waals surface area contributed by atoms with E-state index in [0.29, 0.717) is 6.54 Å². The van der Waals surface area contributed by atoms with Crippen LogP contribution in [0.4, 0.5) is 0 Å². The van der Waals surface area contributed by atoms with E-state index in [1.807, 2.05) is 6.92 Å². The minimum Gasteiger partial charge on any atom is -0.328 e. The van der Waals surface area contributed by atoms with E-state index in [0.717, 1.165) is 12.8 Å². The van der Waals surface area contributed by atoms with Gasteiger partial charge in [-0.15, -0.1) is 0 Å². The molecule has 1 atom stereocenters. The van der Waals surface area contributed by atoms with Crippen LogP contribution in [-0.2, 0) is 10.0 Å². The lowest BCUT2D eigenvalue weighted by molar-refractivity contribution is 0.537. The van der Waals surface area contributed by atoms with Gasteiger partial charge in [-0.05, 0) is 40.5 Å². The van der Waals surface area contributed by atoms with E-state index in [9.17, 15) is 8.42 Å². The summed E-state index contributed by atoms with van der Waals surface area (Å²) >= 11 is 0. The molecule has 0 aliphatic carbocycles. The van der Waals surface area contributed by atoms with Crippen molar-refractivity contribution in [2.75, 3.05) is 6.54 Å². The Labute approximate surface area is 87.3 Å². The molecule has 5 heteroatoms. The molecule has 0 aromatic heterocycles. The van der Waals surface area contributed by atoms with Crippen molar-refractivity contribution < 1.29 is 8.42 Å². The van der Waals surface area contributed by atoms with Crippen molar-refractivity contribution in [2.45, 2.75) is 51.3 Å². The highest BCUT2D eigenvalue weighted by Crippen LogP contribution is 2.12. The zero-order valence-corrected chi connectivity index (χ0v) is 10.3. The van der Waals surface area contributed by atoms with Gasteiger partial charge < -0.3 is 5.73 Å². The van der Waals surface area contributed by atoms with Gasteiger partial charge in [-0.1, -0.05) is 0 Å². The Hall–Kier alpha value is -0.130. The van der Waals surface area contributed by atoms with E-state index in [-0.39, 0.29) is 6.04 Å². The van der Waals surface area contributed by atoms with Gasteiger partial charge in [0.05, 0.1) is 4.75 Å². The van der Waals surface area contributed by atoms with Gasteiger partial charge in [0.2, 0.25) is 10.0 Å². The molecule has 0 aromatic rings. The van der Waals surface area contributed by atoms with Gasteiger partial charge in [0.25, 0.3) is 0 Å². The molecule has 0 saturated carbocycles. The second kappa shape index (κ2) is 5.09. The van der Waals surface area contributed by atoms with Crippen molar-refractivity contribution in [1.29, 1.82) is 0 Å². The van der Waals surface area contributed by atoms with E-state index in [4.69, 9.17) is 5.73 Å². The largest absolute Gasteiger partial charge is 0.328 e. The fourth-order valence-corrected chi connectivity index (χ4v) is 1.69. The van der Waals surface area contributed by atoms with Crippen LogP contribution in [0.5, 0.6) is 0 Å². The monoisotopic (exact) mass is 222 g/mol. The molecule has 4 nitrogen and oxygen atoms in total. The molecule has 1 unspecified atom stereocenters. The standard InChI is InChI=1S/C9H22N2O2S/c1-8(10)6-5-7-11-14(12,13)9(2,3)4/h8,11H,5-7,10H2,1-4H3. The summed E-state index contributed by atoms with van der Waals surface area (Å²) in [4.78, 5) is 0. The number of nitrogens with one attached hydrogen (secondary N) is 1. The third-order valence-electron chi connectivity index (χ3n) is 1.93. The van der Waals surface area contributed by atoms with Crippen LogP contribution in [0.1, 0.15) is 40.5 Å². The molecule has 0 aromatic carbocycles. The van der Waals surface area contributed by atoms with E-state index >= 15 is 0 Å². The quantitative estimate of drug-likeness (QED) is 0.677. The van der Waals surface area contributed by atoms with Crippen LogP contribution in [0.3, 0.4) is 0 Å². The summed E-state index contributed by atoms with van der Waals surface area (Å²) in [5.41, 5.74) is 5.55. The molecular formula is C9H22N2O2S. The maximum atomic E-state index is 11.6. The highest BCUT2D eigenvalue weighted by atomic mass is 32.2. The lowest BCUT2D eigenvalue weighted by Gasteiger charge is -2.19. The minimum atomic E-state index is -3.19. The fourth-order valence-electron chi connectivity index (χ4n) is 0.847. The van der Waals surface area contributed by atoms with Gasteiger partial charge >= 0.3 is 0 Å². The normalized spacial score (nSPS) is 15.5. The summed E-state index contributed by atoms with van der Waals surface area (Å²) < 4.78 is 24.9. The number of sulfonamides is 1. The van der Waals surface area contributed by atoms with Crippen LogP contribution >= 0.6 is 0 Å². The van der Waals surface area contributed by atoms with Crippen molar-refractivity contribution in [3.63, 3.8) is 0 Å². The van der Waals surface area contributed by atoms with Crippen LogP contribution in [0, 0.1) is 0 Å². The molecule has 14 heavy (non-hydrogen) atoms. The number of rotatable bonds is 5. The molecule has 0 rings (SSSR count). The summed E-state index contributed by atoms with van der Waals surface area (Å²) in [5, 5.41) is 0. The Morgan fingerprint density at radius 2 is 1.86 bits per heavy atom. The molecule has 3 N–H and O–H groups in total. The zero-order valence-electron chi connectivity index (χ0n) is 9.50. The van der Waals surface area contributed by atoms with E-state index in [1.165, 1.54) is 0 Å². The molecule has 0 heterocycles. The zero-order chi connectivity index (χ0) is 11.4. The molecule has 0 aliphatic heterocycles. The first kappa shape index (κ1) is 13.9. The van der Waals surface area contributed by atoms with Gasteiger partial charge in [-0.2, -0.15) is 0 Å². The van der Waals surface area contributed by atoms with Crippen LogP contribution < -0.4 is 10.5 Å². The lowest BCUT2D eigenvalue weighted by Crippen LogP contribution is -2.39. The lowest BCUT2D eigenvalue weighted by atomic mass is 10.2. The van der Waals surface area contributed by atoms with Gasteiger partial charge in [0.15, 0.2) is 0 Å². The van der Waals surface area contributed by atoms with Gasteiger partial charge in [-0.25, -0.2) is 13.1 Å². The van der Waals surface area contributed by atoms with E-state index in [1.54, 1.807) is 20.8 Å². The van der Waals surface area contributed by atoms with Crippen LogP contribution in [0.2, 0.25) is 0 Å². The highest BCUT2D eigenvalue weighted by Gasteiger charge is 2.27. The average Bonchev–Trinajstić information content (AvgIpc) is 1.95. The molecule has 0 aliphatic rings. The summed E-state index contributed by atoms with van der Waals surface area (Å²) in [6, 6.07) is 0.133. The first-order valence-electron chi connectivity index (χ1n) is 4.91. The van der Waals surface area contributed by atoms with Crippen molar-refractivity contribution in [3.05, 3.63) is 0 Å². The highest BCUT2D eigenvalue weighted by molar-refractivity contribution is 7.90. The predicted octanol–water partition coefficient (Wildman–Crippen LogP) is 0.832. The second-order valence-corrected chi connectivity index (χ2v) is 7.15. The topological polar surface area (TPSA) is 72.2 Å². The van der Waals surface area contributed by atoms with Crippen molar-refractivity contribution in [1.82, 2.24) is 4.72 Å². The molecule has 86 valence electrons. The Kier molecular flexibility index (Phi) is 5.05. The fraction of sp³-hybridized carbons (Fsp3) is 1.00. The molecular weight excluding hydrogens is 200 g/mol. The SMILES string of the molecule is CC(N)CCCNS(=O)(=O)C(C)(C)C. The third kappa shape index (κ3) is 4.93. The maximum absolute atomic E-state index is 11.6. The summed E-state index contributed by atoms with van der Waals surface area (Å²) in [6.07, 6.45) is 1.62. The van der Waals surface area contributed by atoms with Crippen LogP contribution in [0.25, 0.3) is 0 Å². The van der Waals surface area contributed by atoms with Crippen LogP contribution in [0.15, 0.2) is 0 Å². The molecule has 0 amide bonds. The Bertz CT molecular complexity index is 252. The Morgan fingerprint density at radius 3 is 2.21 bits per heavy atom. The number of hydrogen-bond acceptors (Lipinski definition) is 3. The van der Waals surface area contributed by atoms with Crippen molar-refractivity contribution in [3.8, 4) is 0 Å². The Balaban J connectivity index is 3.91. The maximum Gasteiger partial charge on any atom is 0.216 e. The molecule has 0 bridgehead atoms. The van der Waals surface area contributed by atoms with Gasteiger partial charge in [-0.3, -0.25) is 0 Å². The number of nitrogens with two attached hydrogens (primary N) is 1. The summed E-state index contributed by atoms with van der Waals surface area (Å²) in [5.74, 6) is 0. The first-order chi connectivity index (χ1) is 6.17. The first-order valence-corrected chi connectivity index (χ1v) is 6.40. The molecule has 0 saturated heterocycles. The third-order valence-corrected chi connectivity index (χ3v) is 4.13. The average molecular weight is 222 g/mol. The van der Waals surface area contributed by atoms with Gasteiger partial charge in [0, 0.05) is 12.6 Å². The van der Waals surface area contributed by atoms with Crippen molar-refractivity contribution >= 4 is 10.0 Å². The summed E-state index contributed by atoms with van der Waals surface area (Å²) in [6.45, 7) is 7.43. The Morgan fingerprint density at radius 1 is 1.36 bits per heavy atom.